The number of aliphatic hydroxyl groups is 3. The highest BCUT2D eigenvalue weighted by Gasteiger charge is 2.22. The van der Waals surface area contributed by atoms with Crippen LogP contribution >= 0.6 is 34.8 Å². The number of hydrogen-bond donors (Lipinski definition) is 6. The normalized spacial score (nSPS) is 11.2. The molecule has 9 rings (SSSR count). The Kier molecular flexibility index (Phi) is 21.0. The summed E-state index contributed by atoms with van der Waals surface area (Å²) < 4.78 is 22.2. The SMILES string of the molecule is COc1c(C)cnc(Cn2cc(C#CC(C)(C)O)c3c(Cl)nc(N)nc32)c1C.COc1c(C)cnc(Cn2cc(C#CCC(C)(C)O)c3c(Cl)nc(N)nc32)c1C.COc1c(C)cnc(Cn2cc(C#CCCCCO)c3c(Cl)nc(N)nc32)c1C. The van der Waals surface area contributed by atoms with Gasteiger partial charge in [-0.25, -0.2) is 15.0 Å². The molecular formula is C62H70Cl3N15O6. The summed E-state index contributed by atoms with van der Waals surface area (Å²) in [4.78, 5) is 38.9. The van der Waals surface area contributed by atoms with E-state index in [9.17, 15) is 10.2 Å². The standard InChI is InChI=1S/2C21H24ClN5O2.C20H22ClN5O2/c1-12-9-24-15(13(2)17(12)29-5)11-27-10-14(7-6-8-21(3,4)28)16-18(22)25-20(23)26-19(16)27;1-13-10-24-16(14(2)18(13)29-3)12-27-11-15(8-6-4-5-7-9-28)17-19(22)25-21(23)26-20(17)27;1-11-8-23-14(12(2)16(11)28-5)10-26-9-13(6-7-20(3,4)27)15-17(21)24-19(22)25-18(15)26/h9-10,28H,8,11H2,1-5H3,(H2,23,25,26);10-11,28H,4-5,7,9,12H2,1-3H3,(H2,23,25,26);8-9,27H,10H2,1-5H3,(H2,22,24,25). The number of halogens is 3. The highest BCUT2D eigenvalue weighted by atomic mass is 35.5. The number of hydrogen-bond acceptors (Lipinski definition) is 18. The topological polar surface area (TPSA) is 297 Å². The average Bonchev–Trinajstić information content (AvgIpc) is 1.93. The first-order valence-electron chi connectivity index (χ1n) is 27.2. The summed E-state index contributed by atoms with van der Waals surface area (Å²) in [6.07, 6.45) is 13.5. The molecule has 0 atom stereocenters. The van der Waals surface area contributed by atoms with Gasteiger partial charge in [-0.15, -0.1) is 0 Å². The molecule has 0 aliphatic carbocycles. The maximum Gasteiger partial charge on any atom is 0.223 e. The van der Waals surface area contributed by atoms with E-state index < -0.39 is 11.2 Å². The average molecular weight is 1230 g/mol. The summed E-state index contributed by atoms with van der Waals surface area (Å²) in [5.74, 6) is 20.8. The zero-order valence-corrected chi connectivity index (χ0v) is 52.7. The molecule has 86 heavy (non-hydrogen) atoms. The van der Waals surface area contributed by atoms with Crippen LogP contribution in [0.5, 0.6) is 17.2 Å². The molecule has 0 saturated heterocycles. The predicted molar refractivity (Wildman–Crippen MR) is 338 cm³/mol. The summed E-state index contributed by atoms with van der Waals surface area (Å²) in [5.41, 5.74) is 27.5. The maximum absolute atomic E-state index is 9.94. The van der Waals surface area contributed by atoms with Crippen molar-refractivity contribution in [3.8, 4) is 52.8 Å². The van der Waals surface area contributed by atoms with Crippen molar-refractivity contribution in [3.63, 3.8) is 0 Å². The van der Waals surface area contributed by atoms with Crippen LogP contribution < -0.4 is 31.4 Å². The molecule has 0 aliphatic heterocycles. The number of nitrogens with zero attached hydrogens (tertiary/aromatic N) is 12. The molecule has 9 heterocycles. The lowest BCUT2D eigenvalue weighted by atomic mass is 10.1. The van der Waals surface area contributed by atoms with Crippen LogP contribution in [-0.2, 0) is 19.6 Å². The number of aromatic nitrogens is 12. The maximum atomic E-state index is 9.94. The first-order chi connectivity index (χ1) is 40.7. The van der Waals surface area contributed by atoms with Crippen LogP contribution in [-0.4, -0.2) is 113 Å². The van der Waals surface area contributed by atoms with Gasteiger partial charge in [0.15, 0.2) is 0 Å². The van der Waals surface area contributed by atoms with Gasteiger partial charge in [-0.05, 0) is 82.1 Å². The molecule has 0 radical (unpaired) electrons. The second-order valence-corrected chi connectivity index (χ2v) is 22.5. The van der Waals surface area contributed by atoms with Gasteiger partial charge in [0.05, 0.1) is 96.5 Å². The van der Waals surface area contributed by atoms with Crippen molar-refractivity contribution in [1.82, 2.24) is 58.6 Å². The number of nitrogen functional groups attached to an aromatic ring is 3. The second-order valence-electron chi connectivity index (χ2n) is 21.4. The zero-order chi connectivity index (χ0) is 62.9. The van der Waals surface area contributed by atoms with Crippen LogP contribution in [0.4, 0.5) is 17.8 Å². The minimum Gasteiger partial charge on any atom is -0.496 e. The molecule has 0 unspecified atom stereocenters. The van der Waals surface area contributed by atoms with Crippen molar-refractivity contribution in [2.24, 2.45) is 0 Å². The predicted octanol–water partition coefficient (Wildman–Crippen LogP) is 9.36. The van der Waals surface area contributed by atoms with Crippen LogP contribution in [0.3, 0.4) is 0 Å². The van der Waals surface area contributed by atoms with E-state index >= 15 is 0 Å². The van der Waals surface area contributed by atoms with Crippen molar-refractivity contribution in [2.45, 2.75) is 126 Å². The Morgan fingerprint density at radius 1 is 0.512 bits per heavy atom. The van der Waals surface area contributed by atoms with Gasteiger partial charge in [0, 0.05) is 90.0 Å². The van der Waals surface area contributed by atoms with Gasteiger partial charge in [0.1, 0.15) is 55.3 Å². The van der Waals surface area contributed by atoms with Gasteiger partial charge in [0.2, 0.25) is 17.8 Å². The highest BCUT2D eigenvalue weighted by molar-refractivity contribution is 6.35. The Morgan fingerprint density at radius 3 is 1.16 bits per heavy atom. The minimum absolute atomic E-state index is 0.0741. The van der Waals surface area contributed by atoms with E-state index in [1.54, 1.807) is 67.6 Å². The number of rotatable bonds is 13. The third kappa shape index (κ3) is 15.5. The summed E-state index contributed by atoms with van der Waals surface area (Å²) in [7, 11) is 4.94. The third-order valence-corrected chi connectivity index (χ3v) is 14.3. The van der Waals surface area contributed by atoms with Crippen LogP contribution in [0.15, 0.2) is 37.2 Å². The summed E-state index contributed by atoms with van der Waals surface area (Å²) in [6.45, 7) is 19.9. The van der Waals surface area contributed by atoms with Gasteiger partial charge in [-0.3, -0.25) is 15.0 Å². The Labute approximate surface area is 514 Å². The molecule has 21 nitrogen and oxygen atoms in total. The molecule has 24 heteroatoms. The molecule has 0 spiro atoms. The zero-order valence-electron chi connectivity index (χ0n) is 50.4. The number of fused-ring (bicyclic) bond motifs is 3. The highest BCUT2D eigenvalue weighted by Crippen LogP contribution is 2.33. The Balaban J connectivity index is 0.000000185. The quantitative estimate of drug-likeness (QED) is 0.0356. The van der Waals surface area contributed by atoms with Gasteiger partial charge < -0.3 is 60.4 Å². The number of pyridine rings is 3. The first-order valence-corrected chi connectivity index (χ1v) is 28.3. The number of nitrogens with two attached hydrogens (primary N) is 3. The molecule has 9 aromatic rings. The van der Waals surface area contributed by atoms with Crippen LogP contribution in [0, 0.1) is 77.1 Å². The Morgan fingerprint density at radius 2 is 0.849 bits per heavy atom. The fraction of sp³-hybridized carbons (Fsp3) is 0.371. The number of methoxy groups -OCH3 is 3. The molecule has 0 aliphatic rings. The van der Waals surface area contributed by atoms with Gasteiger partial charge >= 0.3 is 0 Å². The Bertz CT molecular complexity index is 4200. The van der Waals surface area contributed by atoms with Crippen LogP contribution in [0.25, 0.3) is 33.1 Å². The number of unbranched alkanes of at least 4 members (excludes halogenated alkanes) is 2. The smallest absolute Gasteiger partial charge is 0.223 e. The number of aryl methyl sites for hydroxylation is 3. The Hall–Kier alpha value is -8.46. The van der Waals surface area contributed by atoms with Crippen LogP contribution in [0.1, 0.15) is 121 Å². The van der Waals surface area contributed by atoms with E-state index in [0.717, 1.165) is 86.1 Å². The molecule has 450 valence electrons. The van der Waals surface area contributed by atoms with Crippen LogP contribution in [0.2, 0.25) is 15.5 Å². The van der Waals surface area contributed by atoms with Gasteiger partial charge in [-0.1, -0.05) is 70.3 Å². The molecule has 9 N–H and O–H groups in total. The van der Waals surface area contributed by atoms with Crippen molar-refractivity contribution in [2.75, 3.05) is 45.1 Å². The van der Waals surface area contributed by atoms with Crippen molar-refractivity contribution < 1.29 is 29.5 Å². The molecule has 0 bridgehead atoms. The number of ether oxygens (including phenoxy) is 3. The monoisotopic (exact) mass is 1230 g/mol. The summed E-state index contributed by atoms with van der Waals surface area (Å²) in [5, 5.41) is 31.4. The summed E-state index contributed by atoms with van der Waals surface area (Å²) >= 11 is 19.0. The number of anilines is 3. The molecule has 0 aromatic carbocycles. The van der Waals surface area contributed by atoms with Crippen molar-refractivity contribution in [1.29, 1.82) is 0 Å². The lowest BCUT2D eigenvalue weighted by Gasteiger charge is -2.13. The lowest BCUT2D eigenvalue weighted by molar-refractivity contribution is 0.0862. The van der Waals surface area contributed by atoms with E-state index in [1.807, 2.05) is 73.8 Å². The van der Waals surface area contributed by atoms with E-state index in [-0.39, 0.29) is 39.9 Å². The molecule has 9 aromatic heterocycles. The lowest BCUT2D eigenvalue weighted by Crippen LogP contribution is -2.16. The fourth-order valence-corrected chi connectivity index (χ4v) is 10.2. The molecular weight excluding hydrogens is 1160 g/mol. The van der Waals surface area contributed by atoms with Gasteiger partial charge in [-0.2, -0.15) is 15.0 Å². The van der Waals surface area contributed by atoms with E-state index in [1.165, 1.54) is 0 Å². The van der Waals surface area contributed by atoms with Gasteiger partial charge in [0.25, 0.3) is 0 Å². The largest absolute Gasteiger partial charge is 0.496 e. The molecule has 0 amide bonds. The molecule has 0 fully saturated rings. The number of aliphatic hydroxyl groups excluding tert-OH is 1. The van der Waals surface area contributed by atoms with Crippen molar-refractivity contribution >= 4 is 85.7 Å². The van der Waals surface area contributed by atoms with E-state index in [2.05, 4.69) is 80.4 Å². The minimum atomic E-state index is -1.14. The van der Waals surface area contributed by atoms with E-state index in [0.29, 0.717) is 76.7 Å². The second kappa shape index (κ2) is 27.7. The first kappa shape index (κ1) is 65.1. The molecule has 0 saturated carbocycles. The third-order valence-electron chi connectivity index (χ3n) is 13.5. The van der Waals surface area contributed by atoms with Crippen molar-refractivity contribution in [3.05, 3.63) is 120 Å². The fourth-order valence-electron chi connectivity index (χ4n) is 9.36. The summed E-state index contributed by atoms with van der Waals surface area (Å²) in [6, 6.07) is 0. The van der Waals surface area contributed by atoms with E-state index in [4.69, 9.17) is 71.3 Å².